The molecule has 11 heteroatoms. The number of anilines is 2. The molecule has 0 heterocycles. The van der Waals surface area contributed by atoms with Crippen LogP contribution >= 0.6 is 11.6 Å². The van der Waals surface area contributed by atoms with Gasteiger partial charge >= 0.3 is 12.3 Å². The van der Waals surface area contributed by atoms with Crippen LogP contribution in [0.1, 0.15) is 12.5 Å². The van der Waals surface area contributed by atoms with E-state index in [2.05, 4.69) is 10.1 Å². The maximum atomic E-state index is 12.8. The average Bonchev–Trinajstić information content (AvgIpc) is 2.56. The molecule has 0 spiro atoms. The Morgan fingerprint density at radius 3 is 2.33 bits per heavy atom. The largest absolute Gasteiger partial charge is 0.450 e. The summed E-state index contributed by atoms with van der Waals surface area (Å²) in [5, 5.41) is 2.19. The zero-order valence-electron chi connectivity index (χ0n) is 13.8. The number of carbonyl (C=O) groups excluding carboxylic acids is 1. The molecule has 0 saturated carbocycles. The lowest BCUT2D eigenvalue weighted by atomic mass is 10.2. The number of halogens is 4. The second-order valence-corrected chi connectivity index (χ2v) is 7.26. The number of hydrogen-bond donors (Lipinski definition) is 2. The predicted molar refractivity (Wildman–Crippen MR) is 94.3 cm³/mol. The van der Waals surface area contributed by atoms with Crippen molar-refractivity contribution in [3.63, 3.8) is 0 Å². The lowest BCUT2D eigenvalue weighted by molar-refractivity contribution is -0.137. The number of rotatable bonds is 5. The standard InChI is InChI=1S/C16H14ClF3N2O4S/c1-2-26-15(23)21-11-4-6-12(7-5-11)27(24,25)22-14-9-10(16(18,19)20)3-8-13(14)17/h3-9,22H,2H2,1H3,(H,21,23). The van der Waals surface area contributed by atoms with E-state index in [1.807, 2.05) is 4.72 Å². The fraction of sp³-hybridized carbons (Fsp3) is 0.188. The summed E-state index contributed by atoms with van der Waals surface area (Å²) in [6.45, 7) is 1.79. The average molecular weight is 423 g/mol. The fourth-order valence-electron chi connectivity index (χ4n) is 1.99. The molecule has 0 aliphatic heterocycles. The van der Waals surface area contributed by atoms with Crippen LogP contribution in [0.4, 0.5) is 29.3 Å². The molecule has 2 rings (SSSR count). The van der Waals surface area contributed by atoms with Gasteiger partial charge in [0, 0.05) is 5.69 Å². The van der Waals surface area contributed by atoms with Gasteiger partial charge in [0.15, 0.2) is 0 Å². The molecule has 0 radical (unpaired) electrons. The van der Waals surface area contributed by atoms with Gasteiger partial charge in [-0.25, -0.2) is 13.2 Å². The molecule has 0 saturated heterocycles. The second kappa shape index (κ2) is 8.05. The summed E-state index contributed by atoms with van der Waals surface area (Å²) in [5.41, 5.74) is -1.16. The smallest absolute Gasteiger partial charge is 0.416 e. The van der Waals surface area contributed by atoms with E-state index in [1.54, 1.807) is 6.92 Å². The zero-order valence-corrected chi connectivity index (χ0v) is 15.4. The van der Waals surface area contributed by atoms with Crippen LogP contribution in [-0.4, -0.2) is 21.1 Å². The number of carbonyl (C=O) groups is 1. The van der Waals surface area contributed by atoms with Crippen molar-refractivity contribution in [3.8, 4) is 0 Å². The third kappa shape index (κ3) is 5.51. The van der Waals surface area contributed by atoms with Crippen molar-refractivity contribution in [1.82, 2.24) is 0 Å². The summed E-state index contributed by atoms with van der Waals surface area (Å²) in [6.07, 6.45) is -5.35. The van der Waals surface area contributed by atoms with Crippen LogP contribution in [0.3, 0.4) is 0 Å². The number of sulfonamides is 1. The summed E-state index contributed by atoms with van der Waals surface area (Å²) in [4.78, 5) is 11.1. The molecular formula is C16H14ClF3N2O4S. The SMILES string of the molecule is CCOC(=O)Nc1ccc(S(=O)(=O)Nc2cc(C(F)(F)F)ccc2Cl)cc1. The van der Waals surface area contributed by atoms with E-state index in [4.69, 9.17) is 11.6 Å². The van der Waals surface area contributed by atoms with Crippen LogP contribution in [0.5, 0.6) is 0 Å². The van der Waals surface area contributed by atoms with Gasteiger partial charge in [0.05, 0.1) is 27.8 Å². The fourth-order valence-corrected chi connectivity index (χ4v) is 3.28. The third-order valence-electron chi connectivity index (χ3n) is 3.22. The molecule has 2 aromatic carbocycles. The summed E-state index contributed by atoms with van der Waals surface area (Å²) in [6, 6.07) is 7.26. The second-order valence-electron chi connectivity index (χ2n) is 5.17. The first-order chi connectivity index (χ1) is 12.5. The van der Waals surface area contributed by atoms with Crippen LogP contribution in [0.2, 0.25) is 5.02 Å². The minimum atomic E-state index is -4.65. The Kier molecular flexibility index (Phi) is 6.22. The van der Waals surface area contributed by atoms with Crippen LogP contribution < -0.4 is 10.0 Å². The molecule has 0 atom stereocenters. The number of hydrogen-bond acceptors (Lipinski definition) is 4. The molecule has 27 heavy (non-hydrogen) atoms. The van der Waals surface area contributed by atoms with Crippen LogP contribution in [0, 0.1) is 0 Å². The molecule has 1 amide bonds. The van der Waals surface area contributed by atoms with E-state index in [0.29, 0.717) is 6.07 Å². The van der Waals surface area contributed by atoms with Gasteiger partial charge in [-0.1, -0.05) is 11.6 Å². The highest BCUT2D eigenvalue weighted by Gasteiger charge is 2.31. The molecule has 0 aliphatic carbocycles. The van der Waals surface area contributed by atoms with Crippen molar-refractivity contribution >= 4 is 39.1 Å². The summed E-state index contributed by atoms with van der Waals surface area (Å²) < 4.78 is 69.9. The lowest BCUT2D eigenvalue weighted by Gasteiger charge is -2.13. The first kappa shape index (κ1) is 20.8. The quantitative estimate of drug-likeness (QED) is 0.729. The van der Waals surface area contributed by atoms with Crippen LogP contribution in [-0.2, 0) is 20.9 Å². The minimum absolute atomic E-state index is 0.167. The van der Waals surface area contributed by atoms with E-state index in [9.17, 15) is 26.4 Å². The van der Waals surface area contributed by atoms with E-state index >= 15 is 0 Å². The Morgan fingerprint density at radius 2 is 1.78 bits per heavy atom. The number of ether oxygens (including phenoxy) is 1. The van der Waals surface area contributed by atoms with E-state index in [1.165, 1.54) is 24.3 Å². The third-order valence-corrected chi connectivity index (χ3v) is 4.94. The van der Waals surface area contributed by atoms with E-state index in [-0.39, 0.29) is 22.2 Å². The molecule has 2 N–H and O–H groups in total. The molecule has 0 bridgehead atoms. The first-order valence-electron chi connectivity index (χ1n) is 7.46. The minimum Gasteiger partial charge on any atom is -0.450 e. The van der Waals surface area contributed by atoms with Gasteiger partial charge in [0.2, 0.25) is 0 Å². The molecule has 2 aromatic rings. The van der Waals surface area contributed by atoms with Gasteiger partial charge < -0.3 is 4.74 Å². The first-order valence-corrected chi connectivity index (χ1v) is 9.32. The topological polar surface area (TPSA) is 84.5 Å². The molecule has 0 fully saturated rings. The maximum Gasteiger partial charge on any atom is 0.416 e. The molecule has 146 valence electrons. The van der Waals surface area contributed by atoms with Crippen molar-refractivity contribution < 1.29 is 31.1 Å². The van der Waals surface area contributed by atoms with Crippen molar-refractivity contribution in [3.05, 3.63) is 53.1 Å². The predicted octanol–water partition coefficient (Wildman–Crippen LogP) is 4.73. The molecular weight excluding hydrogens is 409 g/mol. The Bertz CT molecular complexity index is 932. The van der Waals surface area contributed by atoms with E-state index in [0.717, 1.165) is 12.1 Å². The van der Waals surface area contributed by atoms with Gasteiger partial charge in [-0.3, -0.25) is 10.0 Å². The number of alkyl halides is 3. The van der Waals surface area contributed by atoms with Crippen molar-refractivity contribution in [2.24, 2.45) is 0 Å². The van der Waals surface area contributed by atoms with Gasteiger partial charge in [-0.05, 0) is 49.4 Å². The van der Waals surface area contributed by atoms with E-state index < -0.39 is 33.5 Å². The highest BCUT2D eigenvalue weighted by atomic mass is 35.5. The molecule has 6 nitrogen and oxygen atoms in total. The van der Waals surface area contributed by atoms with Gasteiger partial charge in [-0.2, -0.15) is 13.2 Å². The van der Waals surface area contributed by atoms with Gasteiger partial charge in [0.25, 0.3) is 10.0 Å². The lowest BCUT2D eigenvalue weighted by Crippen LogP contribution is -2.15. The Labute approximate surface area is 158 Å². The molecule has 0 unspecified atom stereocenters. The Morgan fingerprint density at radius 1 is 1.15 bits per heavy atom. The summed E-state index contributed by atoms with van der Waals surface area (Å²) >= 11 is 5.80. The number of nitrogens with one attached hydrogen (secondary N) is 2. The Hall–Kier alpha value is -2.46. The van der Waals surface area contributed by atoms with Crippen molar-refractivity contribution in [2.45, 2.75) is 18.0 Å². The highest BCUT2D eigenvalue weighted by Crippen LogP contribution is 2.34. The number of amides is 1. The maximum absolute atomic E-state index is 12.8. The van der Waals surface area contributed by atoms with Gasteiger partial charge in [0.1, 0.15) is 0 Å². The summed E-state index contributed by atoms with van der Waals surface area (Å²) in [5.74, 6) is 0. The van der Waals surface area contributed by atoms with Crippen molar-refractivity contribution in [1.29, 1.82) is 0 Å². The van der Waals surface area contributed by atoms with Crippen LogP contribution in [0.15, 0.2) is 47.4 Å². The summed E-state index contributed by atoms with van der Waals surface area (Å²) in [7, 11) is -4.20. The highest BCUT2D eigenvalue weighted by molar-refractivity contribution is 7.92. The zero-order chi connectivity index (χ0) is 20.2. The normalized spacial score (nSPS) is 11.7. The van der Waals surface area contributed by atoms with Gasteiger partial charge in [-0.15, -0.1) is 0 Å². The molecule has 0 aliphatic rings. The Balaban J connectivity index is 2.23. The van der Waals surface area contributed by atoms with Crippen LogP contribution in [0.25, 0.3) is 0 Å². The molecule has 0 aromatic heterocycles. The monoisotopic (exact) mass is 422 g/mol. The van der Waals surface area contributed by atoms with Crippen molar-refractivity contribution in [2.75, 3.05) is 16.6 Å². The number of benzene rings is 2.